The van der Waals surface area contributed by atoms with Gasteiger partial charge in [0.15, 0.2) is 0 Å². The SMILES string of the molecule is CCN(CC)CCCCCCCCCCCCCCCCCO[C]=O. The molecule has 0 bridgehead atoms. The largest absolute Gasteiger partial charge is 0.457 e. The summed E-state index contributed by atoms with van der Waals surface area (Å²) in [5.74, 6) is 0. The molecule has 3 heteroatoms. The van der Waals surface area contributed by atoms with Crippen molar-refractivity contribution in [1.82, 2.24) is 4.90 Å². The third-order valence-corrected chi connectivity index (χ3v) is 5.17. The normalized spacial score (nSPS) is 11.2. The van der Waals surface area contributed by atoms with Crippen LogP contribution in [-0.2, 0) is 9.53 Å². The van der Waals surface area contributed by atoms with Crippen LogP contribution >= 0.6 is 0 Å². The Bertz CT molecular complexity index is 254. The second kappa shape index (κ2) is 21.5. The molecule has 0 aliphatic carbocycles. The molecule has 0 aromatic carbocycles. The highest BCUT2D eigenvalue weighted by Crippen LogP contribution is 2.13. The molecular formula is C22H44NO2. The Kier molecular flexibility index (Phi) is 21.0. The standard InChI is InChI=1S/C22H44NO2/c1-3-23(4-2)20-18-16-14-12-10-8-6-5-7-9-11-13-15-17-19-21-25-22-24/h3-21H2,1-2H3. The quantitative estimate of drug-likeness (QED) is 0.228. The molecule has 0 heterocycles. The Labute approximate surface area is 157 Å². The van der Waals surface area contributed by atoms with Crippen LogP contribution < -0.4 is 0 Å². The van der Waals surface area contributed by atoms with Crippen molar-refractivity contribution >= 4 is 6.47 Å². The fourth-order valence-electron chi connectivity index (χ4n) is 3.39. The van der Waals surface area contributed by atoms with E-state index < -0.39 is 0 Å². The van der Waals surface area contributed by atoms with Crippen molar-refractivity contribution in [2.75, 3.05) is 26.2 Å². The van der Waals surface area contributed by atoms with Gasteiger partial charge < -0.3 is 9.64 Å². The topological polar surface area (TPSA) is 29.5 Å². The maximum atomic E-state index is 9.86. The van der Waals surface area contributed by atoms with E-state index in [0.29, 0.717) is 6.61 Å². The van der Waals surface area contributed by atoms with Gasteiger partial charge in [-0.15, -0.1) is 0 Å². The van der Waals surface area contributed by atoms with Crippen molar-refractivity contribution in [2.24, 2.45) is 0 Å². The summed E-state index contributed by atoms with van der Waals surface area (Å²) in [5, 5.41) is 0. The Hall–Kier alpha value is -0.570. The van der Waals surface area contributed by atoms with Gasteiger partial charge >= 0.3 is 6.47 Å². The first-order valence-electron chi connectivity index (χ1n) is 11.1. The van der Waals surface area contributed by atoms with Gasteiger partial charge in [0.05, 0.1) is 6.61 Å². The van der Waals surface area contributed by atoms with Crippen LogP contribution in [0.1, 0.15) is 110 Å². The van der Waals surface area contributed by atoms with Crippen LogP contribution in [0.4, 0.5) is 0 Å². The smallest absolute Gasteiger partial charge is 0.417 e. The van der Waals surface area contributed by atoms with Crippen LogP contribution in [0.2, 0.25) is 0 Å². The Balaban J connectivity index is 3.04. The zero-order valence-corrected chi connectivity index (χ0v) is 17.2. The molecule has 1 radical (unpaired) electrons. The zero-order chi connectivity index (χ0) is 18.4. The van der Waals surface area contributed by atoms with Gasteiger partial charge in [-0.05, 0) is 32.5 Å². The molecule has 0 atom stereocenters. The fourth-order valence-corrected chi connectivity index (χ4v) is 3.39. The van der Waals surface area contributed by atoms with Crippen LogP contribution in [-0.4, -0.2) is 37.6 Å². The van der Waals surface area contributed by atoms with E-state index in [1.54, 1.807) is 0 Å². The second-order valence-corrected chi connectivity index (χ2v) is 7.26. The summed E-state index contributed by atoms with van der Waals surface area (Å²) >= 11 is 0. The van der Waals surface area contributed by atoms with Gasteiger partial charge in [0.1, 0.15) is 0 Å². The monoisotopic (exact) mass is 354 g/mol. The summed E-state index contributed by atoms with van der Waals surface area (Å²) < 4.78 is 4.56. The summed E-state index contributed by atoms with van der Waals surface area (Å²) in [6.07, 6.45) is 20.3. The third kappa shape index (κ3) is 19.6. The van der Waals surface area contributed by atoms with E-state index in [1.807, 2.05) is 0 Å². The van der Waals surface area contributed by atoms with E-state index in [0.717, 1.165) is 6.42 Å². The van der Waals surface area contributed by atoms with Gasteiger partial charge in [-0.1, -0.05) is 97.3 Å². The van der Waals surface area contributed by atoms with E-state index in [4.69, 9.17) is 0 Å². The number of ether oxygens (including phenoxy) is 1. The molecular weight excluding hydrogens is 310 g/mol. The maximum Gasteiger partial charge on any atom is 0.417 e. The predicted molar refractivity (Wildman–Crippen MR) is 109 cm³/mol. The molecule has 0 aliphatic heterocycles. The van der Waals surface area contributed by atoms with E-state index in [1.165, 1.54) is 116 Å². The molecule has 0 saturated carbocycles. The highest BCUT2D eigenvalue weighted by Gasteiger charge is 1.98. The average molecular weight is 355 g/mol. The minimum atomic E-state index is 0.541. The van der Waals surface area contributed by atoms with E-state index in [9.17, 15) is 4.79 Å². The molecule has 0 aromatic rings. The molecule has 149 valence electrons. The highest BCUT2D eigenvalue weighted by atomic mass is 16.5. The number of unbranched alkanes of at least 4 members (excludes halogenated alkanes) is 14. The molecule has 0 N–H and O–H groups in total. The summed E-state index contributed by atoms with van der Waals surface area (Å²) in [6, 6.07) is 0. The maximum absolute atomic E-state index is 9.86. The first-order valence-corrected chi connectivity index (χ1v) is 11.1. The molecule has 0 unspecified atom stereocenters. The summed E-state index contributed by atoms with van der Waals surface area (Å²) in [6.45, 7) is 10.2. The Morgan fingerprint density at radius 1 is 0.600 bits per heavy atom. The number of hydrogen-bond donors (Lipinski definition) is 0. The first kappa shape index (κ1) is 24.4. The van der Waals surface area contributed by atoms with Crippen molar-refractivity contribution in [1.29, 1.82) is 0 Å². The van der Waals surface area contributed by atoms with Gasteiger partial charge in [-0.3, -0.25) is 0 Å². The van der Waals surface area contributed by atoms with Crippen LogP contribution in [0.3, 0.4) is 0 Å². The molecule has 0 amide bonds. The predicted octanol–water partition coefficient (Wildman–Crippen LogP) is 6.26. The summed E-state index contributed by atoms with van der Waals surface area (Å²) in [4.78, 5) is 12.4. The van der Waals surface area contributed by atoms with E-state index in [2.05, 4.69) is 23.5 Å². The van der Waals surface area contributed by atoms with Gasteiger partial charge in [0, 0.05) is 0 Å². The van der Waals surface area contributed by atoms with Crippen LogP contribution in [0, 0.1) is 0 Å². The molecule has 0 aromatic heterocycles. The molecule has 0 rings (SSSR count). The number of nitrogens with zero attached hydrogens (tertiary/aromatic N) is 1. The van der Waals surface area contributed by atoms with Crippen LogP contribution in [0.25, 0.3) is 0 Å². The number of carbonyl (C=O) groups excluding carboxylic acids is 1. The lowest BCUT2D eigenvalue weighted by Crippen LogP contribution is -2.23. The lowest BCUT2D eigenvalue weighted by Gasteiger charge is -2.17. The lowest BCUT2D eigenvalue weighted by molar-refractivity contribution is 0.268. The number of rotatable bonds is 21. The number of hydrogen-bond acceptors (Lipinski definition) is 3. The van der Waals surface area contributed by atoms with E-state index in [-0.39, 0.29) is 0 Å². The Morgan fingerprint density at radius 3 is 1.32 bits per heavy atom. The van der Waals surface area contributed by atoms with Crippen molar-refractivity contribution in [3.8, 4) is 0 Å². The molecule has 0 spiro atoms. The second-order valence-electron chi connectivity index (χ2n) is 7.26. The van der Waals surface area contributed by atoms with Gasteiger partial charge in [0.2, 0.25) is 0 Å². The molecule has 0 fully saturated rings. The van der Waals surface area contributed by atoms with Crippen molar-refractivity contribution in [2.45, 2.75) is 110 Å². The third-order valence-electron chi connectivity index (χ3n) is 5.17. The lowest BCUT2D eigenvalue weighted by atomic mass is 10.0. The molecule has 3 nitrogen and oxygen atoms in total. The minimum absolute atomic E-state index is 0.541. The van der Waals surface area contributed by atoms with Crippen LogP contribution in [0.15, 0.2) is 0 Å². The summed E-state index contributed by atoms with van der Waals surface area (Å²) in [7, 11) is 0. The molecule has 25 heavy (non-hydrogen) atoms. The van der Waals surface area contributed by atoms with E-state index >= 15 is 0 Å². The van der Waals surface area contributed by atoms with Crippen molar-refractivity contribution in [3.05, 3.63) is 0 Å². The average Bonchev–Trinajstić information content (AvgIpc) is 2.64. The van der Waals surface area contributed by atoms with Gasteiger partial charge in [-0.2, -0.15) is 0 Å². The van der Waals surface area contributed by atoms with Crippen LogP contribution in [0.5, 0.6) is 0 Å². The molecule has 0 aliphatic rings. The van der Waals surface area contributed by atoms with Crippen molar-refractivity contribution in [3.63, 3.8) is 0 Å². The first-order chi connectivity index (χ1) is 12.3. The fraction of sp³-hybridized carbons (Fsp3) is 0.955. The molecule has 0 saturated heterocycles. The van der Waals surface area contributed by atoms with Gasteiger partial charge in [0.25, 0.3) is 0 Å². The van der Waals surface area contributed by atoms with Crippen molar-refractivity contribution < 1.29 is 9.53 Å². The minimum Gasteiger partial charge on any atom is -0.457 e. The summed E-state index contributed by atoms with van der Waals surface area (Å²) in [5.41, 5.74) is 0. The zero-order valence-electron chi connectivity index (χ0n) is 17.2. The highest BCUT2D eigenvalue weighted by molar-refractivity contribution is 5.37. The Morgan fingerprint density at radius 2 is 0.960 bits per heavy atom. The van der Waals surface area contributed by atoms with Gasteiger partial charge in [-0.25, -0.2) is 4.79 Å².